The minimum absolute atomic E-state index is 0. The molecule has 0 aliphatic carbocycles. The number of rotatable bonds is 5. The van der Waals surface area contributed by atoms with Crippen LogP contribution in [0.1, 0.15) is 22.3 Å². The van der Waals surface area contributed by atoms with Gasteiger partial charge in [-0.25, -0.2) is 9.97 Å². The third kappa shape index (κ3) is 4.72. The van der Waals surface area contributed by atoms with Crippen molar-refractivity contribution in [2.24, 2.45) is 0 Å². The number of halogens is 2. The Hall–Kier alpha value is -2.15. The van der Waals surface area contributed by atoms with Gasteiger partial charge in [0.25, 0.3) is 0 Å². The van der Waals surface area contributed by atoms with E-state index in [2.05, 4.69) is 25.2 Å². The average molecular weight is 394 g/mol. The molecule has 6 nitrogen and oxygen atoms in total. The predicted molar refractivity (Wildman–Crippen MR) is 105 cm³/mol. The molecule has 0 fully saturated rings. The predicted octanol–water partition coefficient (Wildman–Crippen LogP) is 3.48. The van der Waals surface area contributed by atoms with Gasteiger partial charge in [0.1, 0.15) is 0 Å². The van der Waals surface area contributed by atoms with Crippen LogP contribution in [-0.2, 0) is 26.1 Å². The largest absolute Gasteiger partial charge is 0.472 e. The normalized spacial score (nSPS) is 13.2. The van der Waals surface area contributed by atoms with Crippen LogP contribution in [0.2, 0.25) is 0 Å². The molecular weight excluding hydrogens is 373 g/mol. The van der Waals surface area contributed by atoms with Gasteiger partial charge in [-0.2, -0.15) is 0 Å². The van der Waals surface area contributed by atoms with Crippen LogP contribution in [0.3, 0.4) is 0 Å². The van der Waals surface area contributed by atoms with Crippen LogP contribution in [0.25, 0.3) is 0 Å². The Bertz CT molecular complexity index is 799. The summed E-state index contributed by atoms with van der Waals surface area (Å²) in [4.78, 5) is 15.2. The molecule has 0 bridgehead atoms. The number of pyridine rings is 1. The van der Waals surface area contributed by atoms with Gasteiger partial charge in [0.2, 0.25) is 5.95 Å². The van der Waals surface area contributed by atoms with E-state index in [4.69, 9.17) is 4.42 Å². The molecule has 8 heteroatoms. The van der Waals surface area contributed by atoms with Crippen molar-refractivity contribution in [2.45, 2.75) is 26.1 Å². The standard InChI is InChI=1S/C18H19N5O.2ClH/c1-4-20-18(21-5-1)22-10-15-8-19-9-16-12-23(6-2-17(15)16)11-14-3-7-24-13-14;;/h1,3-5,7-9,13H,2,6,10-12H2,(H,20,21,22);2*1H. The summed E-state index contributed by atoms with van der Waals surface area (Å²) in [6.45, 7) is 3.57. The van der Waals surface area contributed by atoms with Gasteiger partial charge in [-0.1, -0.05) is 0 Å². The van der Waals surface area contributed by atoms with Gasteiger partial charge < -0.3 is 9.73 Å². The molecule has 4 heterocycles. The van der Waals surface area contributed by atoms with Gasteiger partial charge in [0, 0.05) is 56.5 Å². The maximum atomic E-state index is 5.16. The first-order valence-electron chi connectivity index (χ1n) is 8.07. The van der Waals surface area contributed by atoms with E-state index in [9.17, 15) is 0 Å². The summed E-state index contributed by atoms with van der Waals surface area (Å²) in [5.41, 5.74) is 5.14. The number of nitrogens with zero attached hydrogens (tertiary/aromatic N) is 4. The van der Waals surface area contributed by atoms with Crippen LogP contribution in [0.4, 0.5) is 5.95 Å². The second-order valence-electron chi connectivity index (χ2n) is 5.95. The lowest BCUT2D eigenvalue weighted by Crippen LogP contribution is -2.31. The number of fused-ring (bicyclic) bond motifs is 1. The van der Waals surface area contributed by atoms with E-state index in [1.54, 1.807) is 18.7 Å². The Kier molecular flexibility index (Phi) is 7.38. The second kappa shape index (κ2) is 9.52. The molecule has 0 unspecified atom stereocenters. The highest BCUT2D eigenvalue weighted by molar-refractivity contribution is 5.85. The van der Waals surface area contributed by atoms with Crippen molar-refractivity contribution >= 4 is 30.8 Å². The topological polar surface area (TPSA) is 67.1 Å². The number of nitrogens with one attached hydrogen (secondary N) is 1. The van der Waals surface area contributed by atoms with E-state index in [1.807, 2.05) is 30.8 Å². The molecule has 1 N–H and O–H groups in total. The number of aromatic nitrogens is 3. The SMILES string of the molecule is Cl.Cl.c1cnc(NCc2cncc3c2CCN(Cc2ccoc2)C3)nc1. The van der Waals surface area contributed by atoms with Crippen molar-refractivity contribution in [3.05, 3.63) is 71.7 Å². The smallest absolute Gasteiger partial charge is 0.222 e. The zero-order chi connectivity index (χ0) is 16.2. The summed E-state index contributed by atoms with van der Waals surface area (Å²) in [6.07, 6.45) is 12.0. The summed E-state index contributed by atoms with van der Waals surface area (Å²) < 4.78 is 5.16. The van der Waals surface area contributed by atoms with Gasteiger partial charge in [0.05, 0.1) is 12.5 Å². The second-order valence-corrected chi connectivity index (χ2v) is 5.95. The van der Waals surface area contributed by atoms with Crippen LogP contribution in [-0.4, -0.2) is 26.4 Å². The maximum Gasteiger partial charge on any atom is 0.222 e. The average Bonchev–Trinajstić information content (AvgIpc) is 3.13. The fourth-order valence-electron chi connectivity index (χ4n) is 3.12. The molecule has 1 aliphatic heterocycles. The van der Waals surface area contributed by atoms with Gasteiger partial charge in [-0.15, -0.1) is 24.8 Å². The molecule has 0 aromatic carbocycles. The molecule has 1 aliphatic rings. The molecule has 138 valence electrons. The Balaban J connectivity index is 0.00000121. The Morgan fingerprint density at radius 1 is 1.15 bits per heavy atom. The zero-order valence-corrected chi connectivity index (χ0v) is 15.8. The highest BCUT2D eigenvalue weighted by Gasteiger charge is 2.19. The van der Waals surface area contributed by atoms with Gasteiger partial charge in [0.15, 0.2) is 0 Å². The molecular formula is C18H21Cl2N5O. The van der Waals surface area contributed by atoms with Gasteiger partial charge in [-0.3, -0.25) is 9.88 Å². The van der Waals surface area contributed by atoms with E-state index in [0.29, 0.717) is 12.5 Å². The number of furan rings is 1. The van der Waals surface area contributed by atoms with Crippen LogP contribution >= 0.6 is 24.8 Å². The Morgan fingerprint density at radius 2 is 2.00 bits per heavy atom. The van der Waals surface area contributed by atoms with Crippen molar-refractivity contribution in [2.75, 3.05) is 11.9 Å². The minimum Gasteiger partial charge on any atom is -0.472 e. The van der Waals surface area contributed by atoms with Crippen LogP contribution in [0.5, 0.6) is 0 Å². The molecule has 0 atom stereocenters. The van der Waals surface area contributed by atoms with E-state index in [1.165, 1.54) is 22.3 Å². The molecule has 0 saturated carbocycles. The summed E-state index contributed by atoms with van der Waals surface area (Å²) in [6, 6.07) is 3.83. The summed E-state index contributed by atoms with van der Waals surface area (Å²) in [5.74, 6) is 0.646. The number of anilines is 1. The molecule has 0 spiro atoms. The third-order valence-corrected chi connectivity index (χ3v) is 4.30. The highest BCUT2D eigenvalue weighted by Crippen LogP contribution is 2.23. The van der Waals surface area contributed by atoms with Crippen LogP contribution in [0.15, 0.2) is 53.9 Å². The van der Waals surface area contributed by atoms with Crippen molar-refractivity contribution < 1.29 is 4.42 Å². The van der Waals surface area contributed by atoms with Gasteiger partial charge >= 0.3 is 0 Å². The Labute approximate surface area is 164 Å². The lowest BCUT2D eigenvalue weighted by molar-refractivity contribution is 0.244. The van der Waals surface area contributed by atoms with E-state index < -0.39 is 0 Å². The monoisotopic (exact) mass is 393 g/mol. The van der Waals surface area contributed by atoms with E-state index >= 15 is 0 Å². The molecule has 4 rings (SSSR count). The van der Waals surface area contributed by atoms with E-state index in [-0.39, 0.29) is 24.8 Å². The lowest BCUT2D eigenvalue weighted by Gasteiger charge is -2.29. The van der Waals surface area contributed by atoms with Gasteiger partial charge in [-0.05, 0) is 35.2 Å². The fraction of sp³-hybridized carbons (Fsp3) is 0.278. The summed E-state index contributed by atoms with van der Waals surface area (Å²) in [7, 11) is 0. The quantitative estimate of drug-likeness (QED) is 0.715. The lowest BCUT2D eigenvalue weighted by atomic mass is 9.97. The van der Waals surface area contributed by atoms with Crippen molar-refractivity contribution in [3.63, 3.8) is 0 Å². The molecule has 0 radical (unpaired) electrons. The summed E-state index contributed by atoms with van der Waals surface area (Å²) >= 11 is 0. The van der Waals surface area contributed by atoms with Crippen LogP contribution in [0, 0.1) is 0 Å². The van der Waals surface area contributed by atoms with E-state index in [0.717, 1.165) is 26.1 Å². The molecule has 3 aromatic heterocycles. The Morgan fingerprint density at radius 3 is 2.77 bits per heavy atom. The first kappa shape index (κ1) is 20.2. The highest BCUT2D eigenvalue weighted by atomic mass is 35.5. The first-order chi connectivity index (χ1) is 11.9. The van der Waals surface area contributed by atoms with Crippen molar-refractivity contribution in [1.82, 2.24) is 19.9 Å². The molecule has 3 aromatic rings. The zero-order valence-electron chi connectivity index (χ0n) is 14.2. The molecule has 0 saturated heterocycles. The minimum atomic E-state index is 0. The fourth-order valence-corrected chi connectivity index (χ4v) is 3.12. The third-order valence-electron chi connectivity index (χ3n) is 4.30. The molecule has 26 heavy (non-hydrogen) atoms. The molecule has 0 amide bonds. The maximum absolute atomic E-state index is 5.16. The summed E-state index contributed by atoms with van der Waals surface area (Å²) in [5, 5.41) is 3.27. The number of hydrogen-bond acceptors (Lipinski definition) is 6. The van der Waals surface area contributed by atoms with Crippen molar-refractivity contribution in [1.29, 1.82) is 0 Å². The number of hydrogen-bond donors (Lipinski definition) is 1. The van der Waals surface area contributed by atoms with Crippen molar-refractivity contribution in [3.8, 4) is 0 Å². The first-order valence-corrected chi connectivity index (χ1v) is 8.07. The van der Waals surface area contributed by atoms with Crippen LogP contribution < -0.4 is 5.32 Å².